The zero-order valence-electron chi connectivity index (χ0n) is 13.6. The summed E-state index contributed by atoms with van der Waals surface area (Å²) in [6.07, 6.45) is 1.48. The highest BCUT2D eigenvalue weighted by molar-refractivity contribution is 5.86. The maximum atomic E-state index is 11.0. The minimum Gasteiger partial charge on any atom is -0.489 e. The van der Waals surface area contributed by atoms with Crippen LogP contribution in [0.1, 0.15) is 21.6 Å². The van der Waals surface area contributed by atoms with Gasteiger partial charge in [0.05, 0.1) is 0 Å². The molecule has 5 nitrogen and oxygen atoms in total. The normalized spacial score (nSPS) is 10.2. The van der Waals surface area contributed by atoms with Gasteiger partial charge in [-0.1, -0.05) is 42.5 Å². The van der Waals surface area contributed by atoms with Crippen molar-refractivity contribution >= 4 is 11.7 Å². The molecular formula is C20H18N2O3. The molecule has 0 saturated heterocycles. The molecule has 0 aliphatic rings. The van der Waals surface area contributed by atoms with Gasteiger partial charge in [0.15, 0.2) is 0 Å². The number of carboxylic acid groups (broad SMARTS) is 1. The molecule has 0 aliphatic heterocycles. The summed E-state index contributed by atoms with van der Waals surface area (Å²) in [5.74, 6) is -0.246. The first-order valence-corrected chi connectivity index (χ1v) is 7.89. The number of aromatic carboxylic acids is 1. The second kappa shape index (κ2) is 7.97. The van der Waals surface area contributed by atoms with Crippen LogP contribution in [0.3, 0.4) is 0 Å². The quantitative estimate of drug-likeness (QED) is 0.684. The number of rotatable bonds is 7. The third-order valence-electron chi connectivity index (χ3n) is 3.62. The number of carboxylic acids is 1. The van der Waals surface area contributed by atoms with Crippen molar-refractivity contribution in [2.75, 3.05) is 5.32 Å². The summed E-state index contributed by atoms with van der Waals surface area (Å²) in [6, 6.07) is 21.1. The molecule has 126 valence electrons. The van der Waals surface area contributed by atoms with Gasteiger partial charge < -0.3 is 15.2 Å². The highest BCUT2D eigenvalue weighted by Crippen LogP contribution is 2.17. The highest BCUT2D eigenvalue weighted by atomic mass is 16.5. The number of nitrogens with zero attached hydrogens (tertiary/aromatic N) is 1. The van der Waals surface area contributed by atoms with E-state index in [1.165, 1.54) is 12.3 Å². The lowest BCUT2D eigenvalue weighted by Gasteiger charge is -2.10. The Morgan fingerprint density at radius 2 is 1.80 bits per heavy atom. The summed E-state index contributed by atoms with van der Waals surface area (Å²) in [7, 11) is 0. The Kier molecular flexibility index (Phi) is 5.26. The number of pyridine rings is 1. The second-order valence-corrected chi connectivity index (χ2v) is 5.51. The van der Waals surface area contributed by atoms with Gasteiger partial charge in [-0.15, -0.1) is 0 Å². The van der Waals surface area contributed by atoms with Crippen LogP contribution in [0.15, 0.2) is 72.9 Å². The lowest BCUT2D eigenvalue weighted by molar-refractivity contribution is 0.0690. The van der Waals surface area contributed by atoms with Gasteiger partial charge in [0.2, 0.25) is 0 Å². The Morgan fingerprint density at radius 1 is 1.00 bits per heavy atom. The van der Waals surface area contributed by atoms with Crippen molar-refractivity contribution in [2.45, 2.75) is 13.2 Å². The summed E-state index contributed by atoms with van der Waals surface area (Å²) in [5, 5.41) is 12.2. The number of ether oxygens (including phenoxy) is 1. The van der Waals surface area contributed by atoms with E-state index in [0.29, 0.717) is 18.8 Å². The maximum Gasteiger partial charge on any atom is 0.354 e. The third kappa shape index (κ3) is 4.81. The molecule has 0 atom stereocenters. The fraction of sp³-hybridized carbons (Fsp3) is 0.100. The Hall–Kier alpha value is -3.34. The maximum absolute atomic E-state index is 11.0. The molecule has 25 heavy (non-hydrogen) atoms. The molecule has 0 aliphatic carbocycles. The Labute approximate surface area is 145 Å². The summed E-state index contributed by atoms with van der Waals surface area (Å²) in [4.78, 5) is 14.8. The van der Waals surface area contributed by atoms with Crippen molar-refractivity contribution in [3.8, 4) is 5.75 Å². The first-order valence-electron chi connectivity index (χ1n) is 7.89. The zero-order valence-corrected chi connectivity index (χ0v) is 13.6. The SMILES string of the molecule is O=C(O)c1cc(NCc2cccc(OCc3ccccc3)c2)ccn1. The van der Waals surface area contributed by atoms with Gasteiger partial charge in [-0.2, -0.15) is 0 Å². The fourth-order valence-electron chi connectivity index (χ4n) is 2.35. The molecule has 0 unspecified atom stereocenters. The average Bonchev–Trinajstić information content (AvgIpc) is 2.66. The summed E-state index contributed by atoms with van der Waals surface area (Å²) < 4.78 is 5.82. The van der Waals surface area contributed by atoms with Crippen LogP contribution in [0.4, 0.5) is 5.69 Å². The van der Waals surface area contributed by atoms with Crippen molar-refractivity contribution in [2.24, 2.45) is 0 Å². The first kappa shape index (κ1) is 16.5. The number of aromatic nitrogens is 1. The average molecular weight is 334 g/mol. The van der Waals surface area contributed by atoms with Gasteiger partial charge in [0.1, 0.15) is 18.1 Å². The molecule has 0 spiro atoms. The van der Waals surface area contributed by atoms with E-state index >= 15 is 0 Å². The molecule has 3 aromatic rings. The van der Waals surface area contributed by atoms with Crippen LogP contribution in [0.25, 0.3) is 0 Å². The molecule has 1 aromatic heterocycles. The first-order chi connectivity index (χ1) is 12.2. The molecule has 3 rings (SSSR count). The third-order valence-corrected chi connectivity index (χ3v) is 3.62. The zero-order chi connectivity index (χ0) is 17.5. The number of hydrogen-bond donors (Lipinski definition) is 2. The van der Waals surface area contributed by atoms with Crippen molar-refractivity contribution in [1.82, 2.24) is 4.98 Å². The summed E-state index contributed by atoms with van der Waals surface area (Å²) in [5.41, 5.74) is 2.89. The molecular weight excluding hydrogens is 316 g/mol. The van der Waals surface area contributed by atoms with Crippen molar-refractivity contribution in [3.05, 3.63) is 89.7 Å². The van der Waals surface area contributed by atoms with Crippen LogP contribution in [-0.2, 0) is 13.2 Å². The number of nitrogens with one attached hydrogen (secondary N) is 1. The number of hydrogen-bond acceptors (Lipinski definition) is 4. The highest BCUT2D eigenvalue weighted by Gasteiger charge is 2.05. The molecule has 5 heteroatoms. The minimum absolute atomic E-state index is 0.0185. The van der Waals surface area contributed by atoms with E-state index in [1.54, 1.807) is 6.07 Å². The van der Waals surface area contributed by atoms with Gasteiger partial charge in [0.25, 0.3) is 0 Å². The standard InChI is InChI=1S/C20H18N2O3/c23-20(24)19-12-17(9-10-21-19)22-13-16-7-4-8-18(11-16)25-14-15-5-2-1-3-6-15/h1-12H,13-14H2,(H,21,22)(H,23,24). The molecule has 2 N–H and O–H groups in total. The van der Waals surface area contributed by atoms with E-state index in [1.807, 2.05) is 54.6 Å². The largest absolute Gasteiger partial charge is 0.489 e. The van der Waals surface area contributed by atoms with Crippen LogP contribution in [0, 0.1) is 0 Å². The van der Waals surface area contributed by atoms with Gasteiger partial charge >= 0.3 is 5.97 Å². The predicted octanol–water partition coefficient (Wildman–Crippen LogP) is 3.97. The van der Waals surface area contributed by atoms with E-state index in [4.69, 9.17) is 9.84 Å². The Morgan fingerprint density at radius 3 is 2.60 bits per heavy atom. The van der Waals surface area contributed by atoms with E-state index < -0.39 is 5.97 Å². The van der Waals surface area contributed by atoms with Crippen LogP contribution in [0.5, 0.6) is 5.75 Å². The van der Waals surface area contributed by atoms with Crippen LogP contribution < -0.4 is 10.1 Å². The van der Waals surface area contributed by atoms with Crippen LogP contribution in [0.2, 0.25) is 0 Å². The predicted molar refractivity (Wildman–Crippen MR) is 95.7 cm³/mol. The van der Waals surface area contributed by atoms with E-state index in [-0.39, 0.29) is 5.69 Å². The molecule has 0 amide bonds. The van der Waals surface area contributed by atoms with Crippen LogP contribution >= 0.6 is 0 Å². The number of carbonyl (C=O) groups is 1. The van der Waals surface area contributed by atoms with Gasteiger partial charge in [-0.25, -0.2) is 9.78 Å². The van der Waals surface area contributed by atoms with Crippen molar-refractivity contribution in [1.29, 1.82) is 0 Å². The number of benzene rings is 2. The van der Waals surface area contributed by atoms with E-state index in [9.17, 15) is 4.79 Å². The summed E-state index contributed by atoms with van der Waals surface area (Å²) in [6.45, 7) is 1.08. The molecule has 1 heterocycles. The van der Waals surface area contributed by atoms with E-state index in [0.717, 1.165) is 16.9 Å². The fourth-order valence-corrected chi connectivity index (χ4v) is 2.35. The van der Waals surface area contributed by atoms with E-state index in [2.05, 4.69) is 10.3 Å². The van der Waals surface area contributed by atoms with Crippen LogP contribution in [-0.4, -0.2) is 16.1 Å². The Bertz CT molecular complexity index is 850. The molecule has 2 aromatic carbocycles. The monoisotopic (exact) mass is 334 g/mol. The smallest absolute Gasteiger partial charge is 0.354 e. The summed E-state index contributed by atoms with van der Waals surface area (Å²) >= 11 is 0. The number of anilines is 1. The Balaban J connectivity index is 1.60. The van der Waals surface area contributed by atoms with Gasteiger partial charge in [-0.05, 0) is 35.4 Å². The molecule has 0 bridgehead atoms. The van der Waals surface area contributed by atoms with Crippen molar-refractivity contribution in [3.63, 3.8) is 0 Å². The molecule has 0 fully saturated rings. The minimum atomic E-state index is -1.04. The lowest BCUT2D eigenvalue weighted by Crippen LogP contribution is -2.04. The molecule has 0 radical (unpaired) electrons. The second-order valence-electron chi connectivity index (χ2n) is 5.51. The lowest BCUT2D eigenvalue weighted by atomic mass is 10.2. The topological polar surface area (TPSA) is 71.5 Å². The van der Waals surface area contributed by atoms with Gasteiger partial charge in [0, 0.05) is 18.4 Å². The van der Waals surface area contributed by atoms with Crippen molar-refractivity contribution < 1.29 is 14.6 Å². The van der Waals surface area contributed by atoms with Gasteiger partial charge in [-0.3, -0.25) is 0 Å². The molecule has 0 saturated carbocycles.